The molecule has 0 radical (unpaired) electrons. The molecule has 2 heterocycles. The van der Waals surface area contributed by atoms with E-state index in [1.54, 1.807) is 6.07 Å². The molecule has 0 saturated carbocycles. The predicted molar refractivity (Wildman–Crippen MR) is 97.1 cm³/mol. The molecule has 8 heteroatoms. The Balaban J connectivity index is 1.61. The first-order chi connectivity index (χ1) is 12.6. The summed E-state index contributed by atoms with van der Waals surface area (Å²) in [6.45, 7) is 2.83. The molecule has 0 amide bonds. The van der Waals surface area contributed by atoms with Crippen molar-refractivity contribution in [2.24, 2.45) is 0 Å². The number of morpholine rings is 1. The molecule has 1 N–H and O–H groups in total. The minimum absolute atomic E-state index is 0.0700. The topological polar surface area (TPSA) is 27.7 Å². The summed E-state index contributed by atoms with van der Waals surface area (Å²) in [6, 6.07) is 7.98. The first-order valence-corrected chi connectivity index (χ1v) is 9.18. The van der Waals surface area contributed by atoms with E-state index in [1.807, 2.05) is 4.31 Å². The van der Waals surface area contributed by atoms with Crippen molar-refractivity contribution >= 4 is 29.2 Å². The number of fused-ring (bicyclic) bond motifs is 1. The Kier molecular flexibility index (Phi) is 4.97. The van der Waals surface area contributed by atoms with Gasteiger partial charge in [-0.1, -0.05) is 6.07 Å². The molecule has 1 atom stereocenters. The first kappa shape index (κ1) is 17.5. The molecule has 1 fully saturated rings. The van der Waals surface area contributed by atoms with Crippen LogP contribution in [0.5, 0.6) is 0 Å². The molecule has 2 aromatic rings. The Morgan fingerprint density at radius 1 is 1.12 bits per heavy atom. The van der Waals surface area contributed by atoms with Gasteiger partial charge in [0.15, 0.2) is 11.6 Å². The van der Waals surface area contributed by atoms with Gasteiger partial charge in [-0.3, -0.25) is 8.61 Å². The summed E-state index contributed by atoms with van der Waals surface area (Å²) in [7, 11) is 0. The average Bonchev–Trinajstić information content (AvgIpc) is 2.98. The highest BCUT2D eigenvalue weighted by molar-refractivity contribution is 8.02. The van der Waals surface area contributed by atoms with E-state index in [1.165, 1.54) is 34.6 Å². The monoisotopic (exact) mass is 381 g/mol. The van der Waals surface area contributed by atoms with Crippen LogP contribution in [-0.4, -0.2) is 32.3 Å². The van der Waals surface area contributed by atoms with Crippen LogP contribution in [0.25, 0.3) is 0 Å². The molecule has 0 aliphatic carbocycles. The number of benzene rings is 2. The predicted octanol–water partition coefficient (Wildman–Crippen LogP) is 4.00. The van der Waals surface area contributed by atoms with E-state index in [0.717, 1.165) is 31.6 Å². The fraction of sp³-hybridized carbons (Fsp3) is 0.333. The van der Waals surface area contributed by atoms with Gasteiger partial charge in [-0.2, -0.15) is 0 Å². The van der Waals surface area contributed by atoms with Crippen LogP contribution in [0.2, 0.25) is 0 Å². The summed E-state index contributed by atoms with van der Waals surface area (Å²) in [5.74, 6) is -1.70. The summed E-state index contributed by atoms with van der Waals surface area (Å²) >= 11 is 1.16. The molecule has 26 heavy (non-hydrogen) atoms. The summed E-state index contributed by atoms with van der Waals surface area (Å²) in [5, 5.41) is 3.27. The van der Waals surface area contributed by atoms with E-state index in [9.17, 15) is 13.2 Å². The van der Waals surface area contributed by atoms with Crippen molar-refractivity contribution < 1.29 is 17.9 Å². The molecule has 2 aliphatic heterocycles. The van der Waals surface area contributed by atoms with Crippen LogP contribution in [0.15, 0.2) is 36.4 Å². The zero-order valence-electron chi connectivity index (χ0n) is 13.9. The van der Waals surface area contributed by atoms with E-state index in [0.29, 0.717) is 24.5 Å². The maximum Gasteiger partial charge on any atom is 0.150 e. The minimum Gasteiger partial charge on any atom is -0.376 e. The largest absolute Gasteiger partial charge is 0.376 e. The van der Waals surface area contributed by atoms with Crippen LogP contribution >= 0.6 is 12.1 Å². The lowest BCUT2D eigenvalue weighted by Gasteiger charge is -2.26. The quantitative estimate of drug-likeness (QED) is 0.808. The lowest BCUT2D eigenvalue weighted by atomic mass is 10.2. The van der Waals surface area contributed by atoms with Crippen LogP contribution in [0.3, 0.4) is 0 Å². The Labute approximate surface area is 154 Å². The summed E-state index contributed by atoms with van der Waals surface area (Å²) in [5.41, 5.74) is 1.01. The second-order valence-electron chi connectivity index (χ2n) is 6.17. The van der Waals surface area contributed by atoms with Crippen LogP contribution in [-0.2, 0) is 4.74 Å². The molecular formula is C18H18F3N3OS. The SMILES string of the molecule is Fc1ccc2c(c1)N(CCC1CNCCO1)SN2c1c(F)cccc1F. The third-order valence-corrected chi connectivity index (χ3v) is 5.52. The van der Waals surface area contributed by atoms with E-state index >= 15 is 0 Å². The van der Waals surface area contributed by atoms with Crippen molar-refractivity contribution in [2.45, 2.75) is 12.5 Å². The smallest absolute Gasteiger partial charge is 0.150 e. The van der Waals surface area contributed by atoms with Crippen molar-refractivity contribution in [3.8, 4) is 0 Å². The summed E-state index contributed by atoms with van der Waals surface area (Å²) in [4.78, 5) is 0. The number of hydrogen-bond acceptors (Lipinski definition) is 5. The molecule has 4 nitrogen and oxygen atoms in total. The molecule has 2 aliphatic rings. The standard InChI is InChI=1S/C18H18F3N3OS/c19-12-4-5-16-17(10-12)23(8-6-13-11-22-7-9-25-13)26-24(16)18-14(20)2-1-3-15(18)21/h1-5,10,13,22H,6-9,11H2. The molecule has 4 rings (SSSR count). The van der Waals surface area contributed by atoms with Crippen LogP contribution in [0.4, 0.5) is 30.2 Å². The Bertz CT molecular complexity index is 781. The molecular weight excluding hydrogens is 363 g/mol. The lowest BCUT2D eigenvalue weighted by Crippen LogP contribution is -2.39. The second-order valence-corrected chi connectivity index (χ2v) is 7.14. The van der Waals surface area contributed by atoms with Gasteiger partial charge in [0.2, 0.25) is 0 Å². The molecule has 138 valence electrons. The van der Waals surface area contributed by atoms with E-state index < -0.39 is 11.6 Å². The van der Waals surface area contributed by atoms with E-state index in [2.05, 4.69) is 5.32 Å². The maximum absolute atomic E-state index is 14.3. The highest BCUT2D eigenvalue weighted by Gasteiger charge is 2.32. The summed E-state index contributed by atoms with van der Waals surface area (Å²) in [6.07, 6.45) is 0.796. The van der Waals surface area contributed by atoms with Gasteiger partial charge in [0.1, 0.15) is 11.5 Å². The summed E-state index contributed by atoms with van der Waals surface area (Å²) < 4.78 is 51.3. The first-order valence-electron chi connectivity index (χ1n) is 8.45. The van der Waals surface area contributed by atoms with Gasteiger partial charge in [0.05, 0.1) is 36.2 Å². The number of halogens is 3. The maximum atomic E-state index is 14.3. The minimum atomic E-state index is -0.658. The number of rotatable bonds is 4. The van der Waals surface area contributed by atoms with Gasteiger partial charge in [-0.25, -0.2) is 13.2 Å². The van der Waals surface area contributed by atoms with Gasteiger partial charge in [-0.15, -0.1) is 0 Å². The number of ether oxygens (including phenoxy) is 1. The Morgan fingerprint density at radius 2 is 1.92 bits per heavy atom. The fourth-order valence-electron chi connectivity index (χ4n) is 3.13. The second kappa shape index (κ2) is 7.38. The van der Waals surface area contributed by atoms with Gasteiger partial charge >= 0.3 is 0 Å². The highest BCUT2D eigenvalue weighted by Crippen LogP contribution is 2.50. The van der Waals surface area contributed by atoms with Crippen molar-refractivity contribution in [1.82, 2.24) is 5.32 Å². The molecule has 1 saturated heterocycles. The van der Waals surface area contributed by atoms with Crippen LogP contribution in [0, 0.1) is 17.5 Å². The molecule has 0 spiro atoms. The van der Waals surface area contributed by atoms with Crippen molar-refractivity contribution in [2.75, 3.05) is 34.9 Å². The van der Waals surface area contributed by atoms with Crippen molar-refractivity contribution in [3.63, 3.8) is 0 Å². The third-order valence-electron chi connectivity index (χ3n) is 4.40. The Morgan fingerprint density at radius 3 is 2.65 bits per heavy atom. The van der Waals surface area contributed by atoms with Gasteiger partial charge < -0.3 is 10.1 Å². The molecule has 0 aromatic heterocycles. The van der Waals surface area contributed by atoms with Gasteiger partial charge in [0.25, 0.3) is 0 Å². The van der Waals surface area contributed by atoms with Gasteiger partial charge in [0, 0.05) is 25.7 Å². The highest BCUT2D eigenvalue weighted by atomic mass is 32.2. The van der Waals surface area contributed by atoms with Crippen molar-refractivity contribution in [1.29, 1.82) is 0 Å². The van der Waals surface area contributed by atoms with Crippen molar-refractivity contribution in [3.05, 3.63) is 53.8 Å². The number of nitrogens with one attached hydrogen (secondary N) is 1. The normalized spacial score (nSPS) is 19.7. The average molecular weight is 381 g/mol. The molecule has 2 aromatic carbocycles. The number of hydrogen-bond donors (Lipinski definition) is 1. The number of nitrogens with zero attached hydrogens (tertiary/aromatic N) is 2. The lowest BCUT2D eigenvalue weighted by molar-refractivity contribution is 0.0254. The number of anilines is 3. The van der Waals surface area contributed by atoms with Gasteiger partial charge in [-0.05, 0) is 30.7 Å². The molecule has 1 unspecified atom stereocenters. The zero-order valence-corrected chi connectivity index (χ0v) is 14.7. The number of para-hydroxylation sites is 1. The fourth-order valence-corrected chi connectivity index (χ4v) is 4.24. The zero-order chi connectivity index (χ0) is 18.1. The van der Waals surface area contributed by atoms with Crippen LogP contribution in [0.1, 0.15) is 6.42 Å². The van der Waals surface area contributed by atoms with Crippen LogP contribution < -0.4 is 13.9 Å². The third kappa shape index (κ3) is 3.36. The Hall–Kier alpha value is -1.90. The van der Waals surface area contributed by atoms with E-state index in [4.69, 9.17) is 4.74 Å². The van der Waals surface area contributed by atoms with E-state index in [-0.39, 0.29) is 17.6 Å². The molecule has 0 bridgehead atoms.